The van der Waals surface area contributed by atoms with Gasteiger partial charge in [-0.05, 0) is 45.2 Å². The third-order valence-electron chi connectivity index (χ3n) is 3.60. The van der Waals surface area contributed by atoms with Gasteiger partial charge < -0.3 is 10.2 Å². The van der Waals surface area contributed by atoms with Crippen molar-refractivity contribution in [2.24, 2.45) is 0 Å². The quantitative estimate of drug-likeness (QED) is 0.826. The van der Waals surface area contributed by atoms with Gasteiger partial charge in [-0.3, -0.25) is 0 Å². The number of piperidine rings is 1. The van der Waals surface area contributed by atoms with Gasteiger partial charge in [0.05, 0.1) is 5.69 Å². The number of anilines is 1. The zero-order valence-electron chi connectivity index (χ0n) is 11.1. The summed E-state index contributed by atoms with van der Waals surface area (Å²) in [5, 5.41) is 2.51. The first kappa shape index (κ1) is 13.8. The standard InChI is InChI=1S/C14H18F2N2O/c1-9-4-3-5-10(2)18(9)14(19)17-13-7-6-11(15)8-12(13)16/h6-10H,3-5H2,1-2H3,(H,17,19)/t9-,10+. The van der Waals surface area contributed by atoms with Gasteiger partial charge in [-0.15, -0.1) is 0 Å². The SMILES string of the molecule is C[C@@H]1CCC[C@H](C)N1C(=O)Nc1ccc(F)cc1F. The van der Waals surface area contributed by atoms with Crippen LogP contribution in [0.4, 0.5) is 19.3 Å². The van der Waals surface area contributed by atoms with Crippen molar-refractivity contribution in [2.75, 3.05) is 5.32 Å². The number of hydrogen-bond acceptors (Lipinski definition) is 1. The van der Waals surface area contributed by atoms with Crippen LogP contribution in [0, 0.1) is 11.6 Å². The molecular formula is C14H18F2N2O. The van der Waals surface area contributed by atoms with Crippen molar-refractivity contribution in [1.29, 1.82) is 0 Å². The van der Waals surface area contributed by atoms with Crippen LogP contribution in [0.1, 0.15) is 33.1 Å². The highest BCUT2D eigenvalue weighted by Crippen LogP contribution is 2.24. The monoisotopic (exact) mass is 268 g/mol. The number of nitrogens with zero attached hydrogens (tertiary/aromatic N) is 1. The lowest BCUT2D eigenvalue weighted by Gasteiger charge is -2.38. The number of hydrogen-bond donors (Lipinski definition) is 1. The molecule has 1 N–H and O–H groups in total. The summed E-state index contributed by atoms with van der Waals surface area (Å²) in [7, 11) is 0. The zero-order chi connectivity index (χ0) is 14.0. The number of urea groups is 1. The van der Waals surface area contributed by atoms with Gasteiger partial charge in [0.1, 0.15) is 11.6 Å². The van der Waals surface area contributed by atoms with Crippen LogP contribution in [0.2, 0.25) is 0 Å². The minimum Gasteiger partial charge on any atom is -0.319 e. The van der Waals surface area contributed by atoms with E-state index in [1.807, 2.05) is 13.8 Å². The van der Waals surface area contributed by atoms with Gasteiger partial charge in [0.15, 0.2) is 0 Å². The Morgan fingerprint density at radius 1 is 1.26 bits per heavy atom. The van der Waals surface area contributed by atoms with Crippen molar-refractivity contribution < 1.29 is 13.6 Å². The Morgan fingerprint density at radius 3 is 2.47 bits per heavy atom. The van der Waals surface area contributed by atoms with Crippen molar-refractivity contribution in [2.45, 2.75) is 45.2 Å². The summed E-state index contributed by atoms with van der Waals surface area (Å²) in [6.07, 6.45) is 2.99. The molecule has 0 aliphatic carbocycles. The van der Waals surface area contributed by atoms with Gasteiger partial charge >= 0.3 is 6.03 Å². The molecule has 0 saturated carbocycles. The summed E-state index contributed by atoms with van der Waals surface area (Å²) in [5.74, 6) is -1.42. The molecule has 3 nitrogen and oxygen atoms in total. The first-order chi connectivity index (χ1) is 8.99. The van der Waals surface area contributed by atoms with Crippen LogP contribution >= 0.6 is 0 Å². The molecule has 0 unspecified atom stereocenters. The Kier molecular flexibility index (Phi) is 4.02. The van der Waals surface area contributed by atoms with E-state index in [1.54, 1.807) is 4.90 Å². The van der Waals surface area contributed by atoms with Crippen LogP contribution in [-0.2, 0) is 0 Å². The molecule has 2 amide bonds. The Hall–Kier alpha value is -1.65. The highest BCUT2D eigenvalue weighted by Gasteiger charge is 2.29. The van der Waals surface area contributed by atoms with E-state index < -0.39 is 11.6 Å². The van der Waals surface area contributed by atoms with Crippen LogP contribution in [0.3, 0.4) is 0 Å². The average Bonchev–Trinajstić information content (AvgIpc) is 2.32. The minimum atomic E-state index is -0.759. The maximum Gasteiger partial charge on any atom is 0.322 e. The molecule has 104 valence electrons. The van der Waals surface area contributed by atoms with E-state index in [4.69, 9.17) is 0 Å². The van der Waals surface area contributed by atoms with E-state index >= 15 is 0 Å². The molecule has 1 aromatic rings. The number of benzene rings is 1. The molecule has 2 rings (SSSR count). The fourth-order valence-corrected chi connectivity index (χ4v) is 2.59. The first-order valence-electron chi connectivity index (χ1n) is 6.53. The Labute approximate surface area is 111 Å². The molecule has 1 aromatic carbocycles. The molecule has 1 aliphatic rings. The second kappa shape index (κ2) is 5.55. The minimum absolute atomic E-state index is 0.0105. The average molecular weight is 268 g/mol. The summed E-state index contributed by atoms with van der Waals surface area (Å²) in [4.78, 5) is 13.9. The van der Waals surface area contributed by atoms with Crippen molar-refractivity contribution in [3.63, 3.8) is 0 Å². The summed E-state index contributed by atoms with van der Waals surface area (Å²) >= 11 is 0. The molecule has 1 saturated heterocycles. The molecule has 19 heavy (non-hydrogen) atoms. The predicted molar refractivity (Wildman–Crippen MR) is 70.0 cm³/mol. The summed E-state index contributed by atoms with van der Waals surface area (Å²) in [5.41, 5.74) is 0.0105. The van der Waals surface area contributed by atoms with Gasteiger partial charge in [0.2, 0.25) is 0 Å². The largest absolute Gasteiger partial charge is 0.322 e. The summed E-state index contributed by atoms with van der Waals surface area (Å²) in [6.45, 7) is 3.96. The predicted octanol–water partition coefficient (Wildman–Crippen LogP) is 3.76. The van der Waals surface area contributed by atoms with E-state index in [0.29, 0.717) is 0 Å². The van der Waals surface area contributed by atoms with E-state index in [1.165, 1.54) is 6.07 Å². The number of halogens is 2. The third kappa shape index (κ3) is 3.03. The molecule has 2 atom stereocenters. The number of carbonyl (C=O) groups is 1. The van der Waals surface area contributed by atoms with Gasteiger partial charge in [0.25, 0.3) is 0 Å². The van der Waals surface area contributed by atoms with E-state index in [0.717, 1.165) is 31.4 Å². The molecule has 0 bridgehead atoms. The first-order valence-corrected chi connectivity index (χ1v) is 6.53. The molecule has 0 aromatic heterocycles. The van der Waals surface area contributed by atoms with Crippen LogP contribution in [-0.4, -0.2) is 23.0 Å². The maximum absolute atomic E-state index is 13.5. The molecule has 0 spiro atoms. The number of likely N-dealkylation sites (tertiary alicyclic amines) is 1. The molecule has 5 heteroatoms. The lowest BCUT2D eigenvalue weighted by Crippen LogP contribution is -2.49. The fourth-order valence-electron chi connectivity index (χ4n) is 2.59. The molecule has 1 aliphatic heterocycles. The highest BCUT2D eigenvalue weighted by molar-refractivity contribution is 5.89. The van der Waals surface area contributed by atoms with E-state index in [9.17, 15) is 13.6 Å². The Bertz CT molecular complexity index is 469. The molecule has 1 fully saturated rings. The number of carbonyl (C=O) groups excluding carboxylic acids is 1. The number of amides is 2. The van der Waals surface area contributed by atoms with E-state index in [-0.39, 0.29) is 23.8 Å². The van der Waals surface area contributed by atoms with Gasteiger partial charge in [-0.2, -0.15) is 0 Å². The number of rotatable bonds is 1. The lowest BCUT2D eigenvalue weighted by molar-refractivity contribution is 0.133. The zero-order valence-corrected chi connectivity index (χ0v) is 11.1. The van der Waals surface area contributed by atoms with Crippen molar-refractivity contribution in [3.8, 4) is 0 Å². The van der Waals surface area contributed by atoms with Gasteiger partial charge in [-0.25, -0.2) is 13.6 Å². The second-order valence-electron chi connectivity index (χ2n) is 5.09. The topological polar surface area (TPSA) is 32.3 Å². The van der Waals surface area contributed by atoms with Gasteiger partial charge in [0, 0.05) is 18.2 Å². The fraction of sp³-hybridized carbons (Fsp3) is 0.500. The second-order valence-corrected chi connectivity index (χ2v) is 5.09. The van der Waals surface area contributed by atoms with Crippen LogP contribution < -0.4 is 5.32 Å². The summed E-state index contributed by atoms with van der Waals surface area (Å²) < 4.78 is 26.3. The third-order valence-corrected chi connectivity index (χ3v) is 3.60. The van der Waals surface area contributed by atoms with Crippen molar-refractivity contribution in [1.82, 2.24) is 4.90 Å². The summed E-state index contributed by atoms with van der Waals surface area (Å²) in [6, 6.07) is 3.06. The van der Waals surface area contributed by atoms with Crippen LogP contribution in [0.15, 0.2) is 18.2 Å². The smallest absolute Gasteiger partial charge is 0.319 e. The van der Waals surface area contributed by atoms with E-state index in [2.05, 4.69) is 5.32 Å². The maximum atomic E-state index is 13.5. The Morgan fingerprint density at radius 2 is 1.89 bits per heavy atom. The normalized spacial score (nSPS) is 23.3. The van der Waals surface area contributed by atoms with Crippen LogP contribution in [0.25, 0.3) is 0 Å². The lowest BCUT2D eigenvalue weighted by atomic mass is 9.98. The van der Waals surface area contributed by atoms with Gasteiger partial charge in [-0.1, -0.05) is 0 Å². The number of nitrogens with one attached hydrogen (secondary N) is 1. The molecular weight excluding hydrogens is 250 g/mol. The molecule has 0 radical (unpaired) electrons. The van der Waals surface area contributed by atoms with Crippen LogP contribution in [0.5, 0.6) is 0 Å². The van der Waals surface area contributed by atoms with Crippen molar-refractivity contribution in [3.05, 3.63) is 29.8 Å². The highest BCUT2D eigenvalue weighted by atomic mass is 19.1. The van der Waals surface area contributed by atoms with Crippen molar-refractivity contribution >= 4 is 11.7 Å². The molecule has 1 heterocycles. The Balaban J connectivity index is 2.11.